The van der Waals surface area contributed by atoms with Gasteiger partial charge in [0.2, 0.25) is 10.0 Å². The van der Waals surface area contributed by atoms with Crippen molar-refractivity contribution in [3.8, 4) is 0 Å². The number of fused-ring (bicyclic) bond motifs is 1. The van der Waals surface area contributed by atoms with Gasteiger partial charge in [0, 0.05) is 38.8 Å². The lowest BCUT2D eigenvalue weighted by Crippen LogP contribution is -2.38. The van der Waals surface area contributed by atoms with Crippen molar-refractivity contribution < 1.29 is 13.2 Å². The van der Waals surface area contributed by atoms with Crippen LogP contribution in [0, 0.1) is 0 Å². The number of carbonyl (C=O) groups excluding carboxylic acids is 1. The predicted molar refractivity (Wildman–Crippen MR) is 86.8 cm³/mol. The molecule has 1 saturated heterocycles. The summed E-state index contributed by atoms with van der Waals surface area (Å²) >= 11 is 0. The molecule has 2 aliphatic rings. The first-order chi connectivity index (χ1) is 10.9. The van der Waals surface area contributed by atoms with Crippen LogP contribution >= 0.6 is 0 Å². The number of rotatable bonds is 2. The summed E-state index contributed by atoms with van der Waals surface area (Å²) in [6.07, 6.45) is 5.97. The highest BCUT2D eigenvalue weighted by atomic mass is 32.2. The molecule has 0 saturated carbocycles. The molecule has 1 fully saturated rings. The van der Waals surface area contributed by atoms with Gasteiger partial charge in [0.15, 0.2) is 0 Å². The van der Waals surface area contributed by atoms with Crippen molar-refractivity contribution in [3.63, 3.8) is 0 Å². The van der Waals surface area contributed by atoms with Gasteiger partial charge < -0.3 is 4.90 Å². The summed E-state index contributed by atoms with van der Waals surface area (Å²) in [7, 11) is -1.37. The fourth-order valence-corrected chi connectivity index (χ4v) is 4.40. The van der Waals surface area contributed by atoms with Crippen LogP contribution in [0.15, 0.2) is 0 Å². The molecule has 2 heterocycles. The van der Waals surface area contributed by atoms with Crippen LogP contribution < -0.4 is 0 Å². The minimum Gasteiger partial charge on any atom is -0.336 e. The van der Waals surface area contributed by atoms with Crippen LogP contribution in [0.5, 0.6) is 0 Å². The van der Waals surface area contributed by atoms with Crippen molar-refractivity contribution >= 4 is 15.9 Å². The third kappa shape index (κ3) is 3.28. The largest absolute Gasteiger partial charge is 0.336 e. The van der Waals surface area contributed by atoms with Crippen molar-refractivity contribution in [3.05, 3.63) is 17.0 Å². The normalized spacial score (nSPS) is 20.2. The third-order valence-electron chi connectivity index (χ3n) is 4.73. The SMILES string of the molecule is Cn1nc2c(c1C(=O)N1CCCN(S(C)(=O)=O)CC1)CCCC2. The molecular weight excluding hydrogens is 316 g/mol. The lowest BCUT2D eigenvalue weighted by Gasteiger charge is -2.22. The van der Waals surface area contributed by atoms with E-state index in [9.17, 15) is 13.2 Å². The lowest BCUT2D eigenvalue weighted by atomic mass is 9.95. The van der Waals surface area contributed by atoms with Crippen molar-refractivity contribution in [2.24, 2.45) is 7.05 Å². The molecule has 1 aromatic heterocycles. The Morgan fingerprint density at radius 1 is 1.04 bits per heavy atom. The van der Waals surface area contributed by atoms with Gasteiger partial charge in [0.1, 0.15) is 5.69 Å². The van der Waals surface area contributed by atoms with Crippen molar-refractivity contribution in [2.45, 2.75) is 32.1 Å². The lowest BCUT2D eigenvalue weighted by molar-refractivity contribution is 0.0752. The van der Waals surface area contributed by atoms with E-state index in [2.05, 4.69) is 5.10 Å². The van der Waals surface area contributed by atoms with Crippen LogP contribution in [0.1, 0.15) is 41.0 Å². The van der Waals surface area contributed by atoms with Gasteiger partial charge in [-0.2, -0.15) is 5.10 Å². The Balaban J connectivity index is 1.80. The highest BCUT2D eigenvalue weighted by Gasteiger charge is 2.29. The van der Waals surface area contributed by atoms with Crippen molar-refractivity contribution in [1.82, 2.24) is 19.0 Å². The summed E-state index contributed by atoms with van der Waals surface area (Å²) in [6, 6.07) is 0. The van der Waals surface area contributed by atoms with E-state index >= 15 is 0 Å². The molecule has 0 bridgehead atoms. The zero-order chi connectivity index (χ0) is 16.6. The minimum absolute atomic E-state index is 0.0153. The van der Waals surface area contributed by atoms with E-state index in [-0.39, 0.29) is 5.91 Å². The first-order valence-electron chi connectivity index (χ1n) is 8.17. The van der Waals surface area contributed by atoms with E-state index in [1.807, 2.05) is 7.05 Å². The quantitative estimate of drug-likeness (QED) is 0.781. The number of amides is 1. The van der Waals surface area contributed by atoms with Crippen LogP contribution in [0.3, 0.4) is 0 Å². The standard InChI is InChI=1S/C15H24N4O3S/c1-17-14(12-6-3-4-7-13(12)16-17)15(20)18-8-5-9-19(11-10-18)23(2,21)22/h3-11H2,1-2H3. The zero-order valence-electron chi connectivity index (χ0n) is 13.8. The summed E-state index contributed by atoms with van der Waals surface area (Å²) in [5.41, 5.74) is 2.83. The number of aryl methyl sites for hydroxylation is 2. The number of carbonyl (C=O) groups is 1. The maximum atomic E-state index is 13.0. The molecule has 8 heteroatoms. The molecule has 1 aliphatic carbocycles. The van der Waals surface area contributed by atoms with E-state index in [1.165, 1.54) is 10.6 Å². The second-order valence-corrected chi connectivity index (χ2v) is 8.39. The molecular formula is C15H24N4O3S. The van der Waals surface area contributed by atoms with Gasteiger partial charge in [-0.1, -0.05) is 0 Å². The molecule has 0 aromatic carbocycles. The Morgan fingerprint density at radius 3 is 2.52 bits per heavy atom. The molecule has 1 aromatic rings. The number of aromatic nitrogens is 2. The van der Waals surface area contributed by atoms with Gasteiger partial charge in [-0.05, 0) is 32.1 Å². The number of hydrogen-bond donors (Lipinski definition) is 0. The number of nitrogens with zero attached hydrogens (tertiary/aromatic N) is 4. The topological polar surface area (TPSA) is 75.5 Å². The average Bonchev–Trinajstić information content (AvgIpc) is 2.67. The van der Waals surface area contributed by atoms with Crippen molar-refractivity contribution in [1.29, 1.82) is 0 Å². The van der Waals surface area contributed by atoms with Crippen LogP contribution in [-0.2, 0) is 29.9 Å². The van der Waals surface area contributed by atoms with Crippen molar-refractivity contribution in [2.75, 3.05) is 32.4 Å². The molecule has 1 amide bonds. The third-order valence-corrected chi connectivity index (χ3v) is 6.04. The average molecular weight is 340 g/mol. The summed E-state index contributed by atoms with van der Waals surface area (Å²) in [5, 5.41) is 4.51. The molecule has 23 heavy (non-hydrogen) atoms. The van der Waals surface area contributed by atoms with Gasteiger partial charge in [-0.3, -0.25) is 9.48 Å². The van der Waals surface area contributed by atoms with Crippen LogP contribution in [-0.4, -0.2) is 65.7 Å². The van der Waals surface area contributed by atoms with Crippen LogP contribution in [0.25, 0.3) is 0 Å². The molecule has 0 spiro atoms. The fourth-order valence-electron chi connectivity index (χ4n) is 3.53. The van der Waals surface area contributed by atoms with E-state index in [4.69, 9.17) is 0 Å². The summed E-state index contributed by atoms with van der Waals surface area (Å²) in [6.45, 7) is 1.87. The molecule has 0 N–H and O–H groups in total. The Morgan fingerprint density at radius 2 is 1.78 bits per heavy atom. The molecule has 7 nitrogen and oxygen atoms in total. The maximum Gasteiger partial charge on any atom is 0.272 e. The van der Waals surface area contributed by atoms with Gasteiger partial charge in [0.25, 0.3) is 5.91 Å². The maximum absolute atomic E-state index is 13.0. The summed E-state index contributed by atoms with van der Waals surface area (Å²) in [5.74, 6) is -0.0153. The second-order valence-electron chi connectivity index (χ2n) is 6.41. The molecule has 1 aliphatic heterocycles. The second kappa shape index (κ2) is 6.24. The summed E-state index contributed by atoms with van der Waals surface area (Å²) < 4.78 is 26.6. The number of sulfonamides is 1. The van der Waals surface area contributed by atoms with Gasteiger partial charge in [-0.15, -0.1) is 0 Å². The predicted octanol–water partition coefficient (Wildman–Crippen LogP) is 0.406. The van der Waals surface area contributed by atoms with E-state index < -0.39 is 10.0 Å². The smallest absolute Gasteiger partial charge is 0.272 e. The van der Waals surface area contributed by atoms with E-state index in [0.717, 1.165) is 36.9 Å². The first-order valence-corrected chi connectivity index (χ1v) is 10.0. The molecule has 0 atom stereocenters. The Labute approximate surface area is 137 Å². The van der Waals surface area contributed by atoms with Crippen LogP contribution in [0.4, 0.5) is 0 Å². The molecule has 3 rings (SSSR count). The molecule has 128 valence electrons. The fraction of sp³-hybridized carbons (Fsp3) is 0.733. The Bertz CT molecular complexity index is 711. The Hall–Kier alpha value is -1.41. The first kappa shape index (κ1) is 16.4. The minimum atomic E-state index is -3.20. The van der Waals surface area contributed by atoms with Gasteiger partial charge >= 0.3 is 0 Å². The highest BCUT2D eigenvalue weighted by Crippen LogP contribution is 2.25. The molecule has 0 unspecified atom stereocenters. The van der Waals surface area contributed by atoms with E-state index in [0.29, 0.717) is 38.3 Å². The van der Waals surface area contributed by atoms with Crippen LogP contribution in [0.2, 0.25) is 0 Å². The molecule has 0 radical (unpaired) electrons. The number of hydrogen-bond acceptors (Lipinski definition) is 4. The van der Waals surface area contributed by atoms with Gasteiger partial charge in [0.05, 0.1) is 11.9 Å². The van der Waals surface area contributed by atoms with E-state index in [1.54, 1.807) is 9.58 Å². The monoisotopic (exact) mass is 340 g/mol. The highest BCUT2D eigenvalue weighted by molar-refractivity contribution is 7.88. The Kier molecular flexibility index (Phi) is 4.46. The van der Waals surface area contributed by atoms with Gasteiger partial charge in [-0.25, -0.2) is 12.7 Å². The zero-order valence-corrected chi connectivity index (χ0v) is 14.6. The summed E-state index contributed by atoms with van der Waals surface area (Å²) in [4.78, 5) is 14.7.